The van der Waals surface area contributed by atoms with Gasteiger partial charge in [-0.25, -0.2) is 0 Å². The molecule has 0 aliphatic heterocycles. The first kappa shape index (κ1) is 15.8. The number of hydrogen-bond donors (Lipinski definition) is 1. The molecule has 1 heteroatoms. The second-order valence-corrected chi connectivity index (χ2v) is 5.96. The molecular formula is C17H33N. The Balaban J connectivity index is 2.40. The lowest BCUT2D eigenvalue weighted by molar-refractivity contribution is 0.175. The van der Waals surface area contributed by atoms with E-state index in [1.54, 1.807) is 0 Å². The van der Waals surface area contributed by atoms with Gasteiger partial charge in [-0.2, -0.15) is 0 Å². The molecule has 0 aromatic rings. The zero-order valence-electron chi connectivity index (χ0n) is 12.6. The molecule has 1 unspecified atom stereocenters. The fourth-order valence-electron chi connectivity index (χ4n) is 3.71. The third kappa shape index (κ3) is 4.42. The lowest BCUT2D eigenvalue weighted by atomic mass is 9.74. The highest BCUT2D eigenvalue weighted by Crippen LogP contribution is 2.45. The van der Waals surface area contributed by atoms with Crippen molar-refractivity contribution >= 4 is 0 Å². The van der Waals surface area contributed by atoms with E-state index >= 15 is 0 Å². The molecule has 0 bridgehead atoms. The Kier molecular flexibility index (Phi) is 7.65. The Morgan fingerprint density at radius 3 is 2.44 bits per heavy atom. The molecule has 0 saturated heterocycles. The molecule has 0 heterocycles. The molecule has 1 N–H and O–H groups in total. The molecular weight excluding hydrogens is 218 g/mol. The predicted molar refractivity (Wildman–Crippen MR) is 81.9 cm³/mol. The van der Waals surface area contributed by atoms with Crippen LogP contribution in [-0.2, 0) is 0 Å². The average molecular weight is 251 g/mol. The second-order valence-electron chi connectivity index (χ2n) is 5.96. The highest BCUT2D eigenvalue weighted by atomic mass is 14.9. The van der Waals surface area contributed by atoms with Crippen molar-refractivity contribution in [1.29, 1.82) is 0 Å². The summed E-state index contributed by atoms with van der Waals surface area (Å²) in [6, 6.07) is 0.763. The molecule has 1 rings (SSSR count). The summed E-state index contributed by atoms with van der Waals surface area (Å²) in [5.74, 6) is 0. The zero-order chi connectivity index (χ0) is 13.3. The van der Waals surface area contributed by atoms with E-state index in [1.807, 2.05) is 6.08 Å². The van der Waals surface area contributed by atoms with Gasteiger partial charge < -0.3 is 5.32 Å². The molecule has 1 atom stereocenters. The Morgan fingerprint density at radius 1 is 1.17 bits per heavy atom. The molecule has 0 spiro atoms. The van der Waals surface area contributed by atoms with Crippen molar-refractivity contribution in [3.63, 3.8) is 0 Å². The van der Waals surface area contributed by atoms with E-state index in [0.29, 0.717) is 5.41 Å². The number of unbranched alkanes of at least 4 members (excludes halogenated alkanes) is 3. The maximum atomic E-state index is 3.80. The Hall–Kier alpha value is -0.300. The van der Waals surface area contributed by atoms with Crippen LogP contribution < -0.4 is 5.32 Å². The summed E-state index contributed by atoms with van der Waals surface area (Å²) in [4.78, 5) is 0. The molecule has 1 aliphatic carbocycles. The van der Waals surface area contributed by atoms with Crippen LogP contribution >= 0.6 is 0 Å². The molecule has 1 fully saturated rings. The average Bonchev–Trinajstić information content (AvgIpc) is 2.87. The summed E-state index contributed by atoms with van der Waals surface area (Å²) < 4.78 is 0. The number of rotatable bonds is 10. The summed E-state index contributed by atoms with van der Waals surface area (Å²) in [5, 5.41) is 3.79. The van der Waals surface area contributed by atoms with Gasteiger partial charge in [0.25, 0.3) is 0 Å². The van der Waals surface area contributed by atoms with Gasteiger partial charge in [0, 0.05) is 6.04 Å². The molecule has 0 radical (unpaired) electrons. The van der Waals surface area contributed by atoms with E-state index in [2.05, 4.69) is 25.7 Å². The fraction of sp³-hybridized carbons (Fsp3) is 0.882. The molecule has 1 saturated carbocycles. The highest BCUT2D eigenvalue weighted by Gasteiger charge is 2.38. The van der Waals surface area contributed by atoms with Crippen LogP contribution in [0.2, 0.25) is 0 Å². The van der Waals surface area contributed by atoms with E-state index in [4.69, 9.17) is 0 Å². The molecule has 0 aromatic carbocycles. The van der Waals surface area contributed by atoms with Crippen LogP contribution in [0.3, 0.4) is 0 Å². The minimum absolute atomic E-state index is 0.619. The van der Waals surface area contributed by atoms with Gasteiger partial charge in [-0.3, -0.25) is 0 Å². The van der Waals surface area contributed by atoms with E-state index < -0.39 is 0 Å². The van der Waals surface area contributed by atoms with E-state index in [1.165, 1.54) is 64.2 Å². The summed E-state index contributed by atoms with van der Waals surface area (Å²) in [6.45, 7) is 9.57. The van der Waals surface area contributed by atoms with Crippen LogP contribution in [0.1, 0.15) is 78.1 Å². The summed E-state index contributed by atoms with van der Waals surface area (Å²) >= 11 is 0. The molecule has 18 heavy (non-hydrogen) atoms. The van der Waals surface area contributed by atoms with Gasteiger partial charge in [0.2, 0.25) is 0 Å². The quantitative estimate of drug-likeness (QED) is 0.422. The monoisotopic (exact) mass is 251 g/mol. The van der Waals surface area contributed by atoms with Crippen LogP contribution in [0, 0.1) is 5.41 Å². The summed E-state index contributed by atoms with van der Waals surface area (Å²) in [5.41, 5.74) is 0.619. The van der Waals surface area contributed by atoms with E-state index in [-0.39, 0.29) is 0 Å². The Labute approximate surface area is 114 Å². The molecule has 1 nitrogen and oxygen atoms in total. The smallest absolute Gasteiger partial charge is 0.0123 e. The topological polar surface area (TPSA) is 12.0 Å². The van der Waals surface area contributed by atoms with Gasteiger partial charge in [0.1, 0.15) is 0 Å². The standard InChI is InChI=1S/C17H33N/c1-4-7-8-9-10-13-16(18-6-3)17(5-2)14-11-12-15-17/h4,16,18H,1,5-15H2,2-3H3. The first-order valence-electron chi connectivity index (χ1n) is 8.13. The van der Waals surface area contributed by atoms with Crippen molar-refractivity contribution in [1.82, 2.24) is 5.32 Å². The minimum Gasteiger partial charge on any atom is -0.314 e. The van der Waals surface area contributed by atoms with Gasteiger partial charge in [-0.1, -0.05) is 45.6 Å². The van der Waals surface area contributed by atoms with Gasteiger partial charge in [0.15, 0.2) is 0 Å². The van der Waals surface area contributed by atoms with Crippen LogP contribution in [0.15, 0.2) is 12.7 Å². The normalized spacial score (nSPS) is 19.9. The number of nitrogens with one attached hydrogen (secondary N) is 1. The van der Waals surface area contributed by atoms with Crippen molar-refractivity contribution in [3.8, 4) is 0 Å². The van der Waals surface area contributed by atoms with Crippen molar-refractivity contribution in [3.05, 3.63) is 12.7 Å². The summed E-state index contributed by atoms with van der Waals surface area (Å²) in [6.07, 6.45) is 15.8. The Morgan fingerprint density at radius 2 is 1.89 bits per heavy atom. The summed E-state index contributed by atoms with van der Waals surface area (Å²) in [7, 11) is 0. The fourth-order valence-corrected chi connectivity index (χ4v) is 3.71. The largest absolute Gasteiger partial charge is 0.314 e. The zero-order valence-corrected chi connectivity index (χ0v) is 12.6. The molecule has 1 aliphatic rings. The first-order chi connectivity index (χ1) is 8.79. The van der Waals surface area contributed by atoms with Crippen molar-refractivity contribution < 1.29 is 0 Å². The van der Waals surface area contributed by atoms with Crippen molar-refractivity contribution in [2.45, 2.75) is 84.1 Å². The van der Waals surface area contributed by atoms with Crippen molar-refractivity contribution in [2.24, 2.45) is 5.41 Å². The number of allylic oxidation sites excluding steroid dienone is 1. The molecule has 0 aromatic heterocycles. The maximum absolute atomic E-state index is 3.80. The van der Waals surface area contributed by atoms with E-state index in [0.717, 1.165) is 12.6 Å². The van der Waals surface area contributed by atoms with Gasteiger partial charge in [-0.15, -0.1) is 6.58 Å². The van der Waals surface area contributed by atoms with Gasteiger partial charge in [-0.05, 0) is 50.5 Å². The van der Waals surface area contributed by atoms with Crippen LogP contribution in [0.5, 0.6) is 0 Å². The van der Waals surface area contributed by atoms with Crippen LogP contribution in [-0.4, -0.2) is 12.6 Å². The maximum Gasteiger partial charge on any atom is 0.0123 e. The Bertz CT molecular complexity index is 216. The predicted octanol–water partition coefficient (Wildman–Crippen LogP) is 5.07. The molecule has 106 valence electrons. The third-order valence-corrected chi connectivity index (χ3v) is 4.89. The first-order valence-corrected chi connectivity index (χ1v) is 8.13. The SMILES string of the molecule is C=CCCCCCC(NCC)C1(CC)CCCC1. The number of hydrogen-bond acceptors (Lipinski definition) is 1. The lowest BCUT2D eigenvalue weighted by Crippen LogP contribution is -2.43. The van der Waals surface area contributed by atoms with Crippen LogP contribution in [0.4, 0.5) is 0 Å². The van der Waals surface area contributed by atoms with Gasteiger partial charge >= 0.3 is 0 Å². The molecule has 0 amide bonds. The third-order valence-electron chi connectivity index (χ3n) is 4.89. The second kappa shape index (κ2) is 8.74. The lowest BCUT2D eigenvalue weighted by Gasteiger charge is -2.38. The minimum atomic E-state index is 0.619. The van der Waals surface area contributed by atoms with Gasteiger partial charge in [0.05, 0.1) is 0 Å². The van der Waals surface area contributed by atoms with Crippen molar-refractivity contribution in [2.75, 3.05) is 6.54 Å². The highest BCUT2D eigenvalue weighted by molar-refractivity contribution is 4.93. The van der Waals surface area contributed by atoms with E-state index in [9.17, 15) is 0 Å². The van der Waals surface area contributed by atoms with Crippen LogP contribution in [0.25, 0.3) is 0 Å².